The second-order valence-electron chi connectivity index (χ2n) is 6.00. The Morgan fingerprint density at radius 2 is 1.75 bits per heavy atom. The lowest BCUT2D eigenvalue weighted by atomic mass is 10.1. The first-order chi connectivity index (χ1) is 11.6. The Morgan fingerprint density at radius 1 is 1.17 bits per heavy atom. The molecule has 0 radical (unpaired) electrons. The second-order valence-corrected chi connectivity index (χ2v) is 6.00. The lowest BCUT2D eigenvalue weighted by Gasteiger charge is -2.04. The Bertz CT molecular complexity index is 542. The van der Waals surface area contributed by atoms with E-state index < -0.39 is 6.03 Å². The molecule has 136 valence electrons. The average Bonchev–Trinajstić information content (AvgIpc) is 2.57. The van der Waals surface area contributed by atoms with E-state index in [-0.39, 0.29) is 11.4 Å². The van der Waals surface area contributed by atoms with Gasteiger partial charge in [0.1, 0.15) is 0 Å². The molecule has 0 spiro atoms. The number of nitrogens with zero attached hydrogens (tertiary/aromatic N) is 3. The first-order valence-corrected chi connectivity index (χ1v) is 9.00. The summed E-state index contributed by atoms with van der Waals surface area (Å²) in [5.41, 5.74) is 5.48. The molecule has 0 aliphatic heterocycles. The van der Waals surface area contributed by atoms with Crippen LogP contribution in [0.5, 0.6) is 0 Å². The van der Waals surface area contributed by atoms with Crippen LogP contribution < -0.4 is 16.5 Å². The van der Waals surface area contributed by atoms with Gasteiger partial charge < -0.3 is 16.3 Å². The van der Waals surface area contributed by atoms with Gasteiger partial charge in [0, 0.05) is 18.8 Å². The first-order valence-electron chi connectivity index (χ1n) is 9.00. The molecular weight excluding hydrogens is 306 g/mol. The molecule has 1 rings (SSSR count). The summed E-state index contributed by atoms with van der Waals surface area (Å²) in [7, 11) is 0. The monoisotopic (exact) mass is 337 g/mol. The summed E-state index contributed by atoms with van der Waals surface area (Å²) in [6.45, 7) is 2.82. The fourth-order valence-electron chi connectivity index (χ4n) is 2.46. The summed E-state index contributed by atoms with van der Waals surface area (Å²) in [6, 6.07) is 0.926. The molecule has 0 bridgehead atoms. The van der Waals surface area contributed by atoms with Crippen molar-refractivity contribution < 1.29 is 10.0 Å². The highest BCUT2D eigenvalue weighted by Gasteiger charge is 2.00. The normalized spacial score (nSPS) is 11.6. The maximum Gasteiger partial charge on any atom is 0.343 e. The summed E-state index contributed by atoms with van der Waals surface area (Å²) in [5, 5.41) is 12.3. The van der Waals surface area contributed by atoms with Crippen LogP contribution in [0.4, 0.5) is 10.7 Å². The van der Waals surface area contributed by atoms with Crippen LogP contribution >= 0.6 is 0 Å². The molecule has 0 fully saturated rings. The van der Waals surface area contributed by atoms with E-state index in [2.05, 4.69) is 22.2 Å². The Hall–Kier alpha value is -2.05. The number of hydrogen-bond acceptors (Lipinski definition) is 4. The van der Waals surface area contributed by atoms with E-state index in [1.54, 1.807) is 0 Å². The quantitative estimate of drug-likeness (QED) is 0.426. The van der Waals surface area contributed by atoms with Crippen LogP contribution in [-0.4, -0.2) is 27.5 Å². The first kappa shape index (κ1) is 20.0. The molecule has 7 nitrogen and oxygen atoms in total. The van der Waals surface area contributed by atoms with Crippen LogP contribution in [0.3, 0.4) is 0 Å². The van der Waals surface area contributed by atoms with Crippen molar-refractivity contribution in [3.8, 4) is 0 Å². The predicted molar refractivity (Wildman–Crippen MR) is 94.6 cm³/mol. The standard InChI is InChI=1S/C17H31N5O2/c1-2-3-4-5-6-7-8-9-10-11-13-20-17(23)21-15-12-14-19-16(18)22(15)24/h12,14,24H,2-11,13H2,1H3,(H2,18,19)(H,20,23)/b21-15+. The topological polar surface area (TPSA) is 106 Å². The number of rotatable bonds is 11. The van der Waals surface area contributed by atoms with E-state index in [9.17, 15) is 10.0 Å². The molecule has 1 aromatic rings. The Morgan fingerprint density at radius 3 is 2.38 bits per heavy atom. The molecule has 24 heavy (non-hydrogen) atoms. The van der Waals surface area contributed by atoms with Gasteiger partial charge in [0.05, 0.1) is 0 Å². The highest BCUT2D eigenvalue weighted by molar-refractivity contribution is 5.74. The number of nitrogens with two attached hydrogens (primary N) is 1. The van der Waals surface area contributed by atoms with E-state index in [1.807, 2.05) is 0 Å². The van der Waals surface area contributed by atoms with E-state index in [4.69, 9.17) is 5.73 Å². The number of carbonyl (C=O) groups excluding carboxylic acids is 1. The zero-order valence-electron chi connectivity index (χ0n) is 14.7. The van der Waals surface area contributed by atoms with Crippen molar-refractivity contribution in [2.24, 2.45) is 4.99 Å². The number of nitrogens with one attached hydrogen (secondary N) is 1. The highest BCUT2D eigenvalue weighted by Crippen LogP contribution is 2.10. The molecule has 0 aromatic carbocycles. The highest BCUT2D eigenvalue weighted by atomic mass is 16.5. The molecule has 2 amide bonds. The lowest BCUT2D eigenvalue weighted by molar-refractivity contribution is 0.174. The van der Waals surface area contributed by atoms with Crippen LogP contribution in [0.25, 0.3) is 0 Å². The van der Waals surface area contributed by atoms with Gasteiger partial charge in [0.2, 0.25) is 5.95 Å². The smallest absolute Gasteiger partial charge is 0.343 e. The zero-order valence-corrected chi connectivity index (χ0v) is 14.7. The molecule has 0 saturated heterocycles. The summed E-state index contributed by atoms with van der Waals surface area (Å²) in [5.74, 6) is -0.112. The fraction of sp³-hybridized carbons (Fsp3) is 0.706. The van der Waals surface area contributed by atoms with Crippen LogP contribution in [0.1, 0.15) is 71.1 Å². The van der Waals surface area contributed by atoms with Gasteiger partial charge in [-0.05, 0) is 6.42 Å². The molecule has 1 aromatic heterocycles. The number of carbonyl (C=O) groups is 1. The number of hydrogen-bond donors (Lipinski definition) is 3. The Labute approximate surface area is 144 Å². The molecule has 0 atom stereocenters. The minimum Gasteiger partial charge on any atom is -0.423 e. The van der Waals surface area contributed by atoms with E-state index >= 15 is 0 Å². The summed E-state index contributed by atoms with van der Waals surface area (Å²) in [6.07, 6.45) is 13.9. The van der Waals surface area contributed by atoms with Crippen molar-refractivity contribution >= 4 is 12.0 Å². The van der Waals surface area contributed by atoms with E-state index in [0.29, 0.717) is 11.3 Å². The summed E-state index contributed by atoms with van der Waals surface area (Å²) < 4.78 is 0.583. The van der Waals surface area contributed by atoms with Crippen molar-refractivity contribution in [2.75, 3.05) is 12.3 Å². The fourth-order valence-corrected chi connectivity index (χ4v) is 2.46. The summed E-state index contributed by atoms with van der Waals surface area (Å²) >= 11 is 0. The predicted octanol–water partition coefficient (Wildman–Crippen LogP) is 3.23. The molecule has 1 heterocycles. The van der Waals surface area contributed by atoms with Gasteiger partial charge in [-0.2, -0.15) is 4.99 Å². The number of amides is 2. The SMILES string of the molecule is CCCCCCCCCCCCNC(=O)/N=c1\ccnc(N)n1O. The Balaban J connectivity index is 2.07. The molecule has 4 N–H and O–H groups in total. The van der Waals surface area contributed by atoms with Gasteiger partial charge in [0.25, 0.3) is 0 Å². The minimum atomic E-state index is -0.487. The lowest BCUT2D eigenvalue weighted by Crippen LogP contribution is -2.28. The summed E-state index contributed by atoms with van der Waals surface area (Å²) in [4.78, 5) is 19.1. The van der Waals surface area contributed by atoms with Crippen molar-refractivity contribution in [1.29, 1.82) is 0 Å². The van der Waals surface area contributed by atoms with Gasteiger partial charge >= 0.3 is 6.03 Å². The number of urea groups is 1. The number of aromatic nitrogens is 2. The van der Waals surface area contributed by atoms with Crippen molar-refractivity contribution in [2.45, 2.75) is 71.1 Å². The largest absolute Gasteiger partial charge is 0.423 e. The van der Waals surface area contributed by atoms with Crippen LogP contribution in [0, 0.1) is 0 Å². The van der Waals surface area contributed by atoms with E-state index in [0.717, 1.165) is 12.8 Å². The van der Waals surface area contributed by atoms with E-state index in [1.165, 1.54) is 63.6 Å². The molecule has 0 aliphatic carbocycles. The molecule has 0 saturated carbocycles. The van der Waals surface area contributed by atoms with Gasteiger partial charge in [-0.15, -0.1) is 4.73 Å². The van der Waals surface area contributed by atoms with Crippen LogP contribution in [0.15, 0.2) is 17.3 Å². The van der Waals surface area contributed by atoms with Gasteiger partial charge in [-0.1, -0.05) is 64.7 Å². The van der Waals surface area contributed by atoms with Crippen molar-refractivity contribution in [3.63, 3.8) is 0 Å². The third kappa shape index (κ3) is 8.55. The molecule has 7 heteroatoms. The van der Waals surface area contributed by atoms with Gasteiger partial charge in [0.15, 0.2) is 5.49 Å². The third-order valence-electron chi connectivity index (χ3n) is 3.89. The third-order valence-corrected chi connectivity index (χ3v) is 3.89. The van der Waals surface area contributed by atoms with Crippen LogP contribution in [0.2, 0.25) is 0 Å². The molecule has 0 unspecified atom stereocenters. The average molecular weight is 337 g/mol. The zero-order chi connectivity index (χ0) is 17.6. The maximum absolute atomic E-state index is 11.7. The van der Waals surface area contributed by atoms with Crippen molar-refractivity contribution in [1.82, 2.24) is 15.0 Å². The Kier molecular flexibility index (Phi) is 10.3. The number of unbranched alkanes of at least 4 members (excludes halogenated alkanes) is 9. The molecule has 0 aliphatic rings. The number of anilines is 1. The minimum absolute atomic E-state index is 0.0584. The van der Waals surface area contributed by atoms with Crippen molar-refractivity contribution in [3.05, 3.63) is 17.8 Å². The van der Waals surface area contributed by atoms with Gasteiger partial charge in [-0.25, -0.2) is 9.78 Å². The second kappa shape index (κ2) is 12.4. The number of nitrogen functional groups attached to an aromatic ring is 1. The van der Waals surface area contributed by atoms with Crippen LogP contribution in [-0.2, 0) is 0 Å². The maximum atomic E-state index is 11.7. The van der Waals surface area contributed by atoms with Gasteiger partial charge in [-0.3, -0.25) is 0 Å². The molecular formula is C17H31N5O2.